The van der Waals surface area contributed by atoms with Crippen LogP contribution in [0.5, 0.6) is 0 Å². The lowest BCUT2D eigenvalue weighted by Crippen LogP contribution is -2.37. The van der Waals surface area contributed by atoms with Crippen LogP contribution in [0.3, 0.4) is 0 Å². The molecule has 0 aliphatic heterocycles. The molecular weight excluding hydrogens is 701 g/mol. The molecule has 2 unspecified atom stereocenters. The maximum Gasteiger partial charge on any atom is 0.306 e. The third-order valence-electron chi connectivity index (χ3n) is 8.89. The fourth-order valence-corrected chi connectivity index (χ4v) is 6.26. The Hall–Kier alpha value is -2.03. The number of phosphoric ester groups is 1. The summed E-state index contributed by atoms with van der Waals surface area (Å²) in [6, 6.07) is 0. The van der Waals surface area contributed by atoms with Gasteiger partial charge < -0.3 is 27.9 Å². The third kappa shape index (κ3) is 39.7. The Bertz CT molecular complexity index is 1070. The summed E-state index contributed by atoms with van der Waals surface area (Å²) in [7, 11) is 1.14. The lowest BCUT2D eigenvalue weighted by Gasteiger charge is -2.28. The predicted molar refractivity (Wildman–Crippen MR) is 222 cm³/mol. The smallest absolute Gasteiger partial charge is 0.306 e. The number of allylic oxidation sites excluding steroid dienone is 8. The SMILES string of the molecule is CC/C=C/C=C/C=C/CCCCCCCC(=O)OC(COC(=O)CCCCCCCCC/C=C/CCCCCCCC)COP(=O)([O-])OCC[N+](C)(C)C. The van der Waals surface area contributed by atoms with E-state index in [0.29, 0.717) is 17.4 Å². The Morgan fingerprint density at radius 3 is 1.61 bits per heavy atom. The normalized spacial score (nSPS) is 14.1. The third-order valence-corrected chi connectivity index (χ3v) is 9.86. The highest BCUT2D eigenvalue weighted by Gasteiger charge is 2.21. The first-order valence-corrected chi connectivity index (χ1v) is 22.8. The van der Waals surface area contributed by atoms with Crippen molar-refractivity contribution in [3.05, 3.63) is 48.6 Å². The number of carbonyl (C=O) groups excluding carboxylic acids is 2. The number of likely N-dealkylation sites (N-methyl/N-ethyl adjacent to an activating group) is 1. The number of phosphoric acid groups is 1. The van der Waals surface area contributed by atoms with E-state index in [1.165, 1.54) is 64.2 Å². The number of nitrogens with zero attached hydrogens (tertiary/aromatic N) is 1. The van der Waals surface area contributed by atoms with Crippen LogP contribution >= 0.6 is 7.82 Å². The topological polar surface area (TPSA) is 111 Å². The molecule has 0 aromatic rings. The molecule has 0 N–H and O–H groups in total. The van der Waals surface area contributed by atoms with Crippen LogP contribution in [-0.4, -0.2) is 70.0 Å². The summed E-state index contributed by atoms with van der Waals surface area (Å²) >= 11 is 0. The van der Waals surface area contributed by atoms with Crippen LogP contribution in [0.1, 0.15) is 168 Å². The van der Waals surface area contributed by atoms with Gasteiger partial charge in [0.2, 0.25) is 0 Å². The molecule has 10 heteroatoms. The van der Waals surface area contributed by atoms with E-state index in [0.717, 1.165) is 70.6 Å². The van der Waals surface area contributed by atoms with E-state index in [4.69, 9.17) is 18.5 Å². The standard InChI is InChI=1S/C44H80NO8P/c1-6-8-10-12-14-16-18-20-21-22-23-25-26-28-30-32-34-36-43(46)50-40-42(41-52-54(48,49)51-39-38-45(3,4)5)53-44(47)37-35-33-31-29-27-24-19-17-15-13-11-9-7-2/h9,11,13,15,17,19-21,42H,6-8,10,12,14,16,18,22-41H2,1-5H3/b11-9+,15-13+,19-17+,21-20+. The van der Waals surface area contributed by atoms with Crippen molar-refractivity contribution in [3.63, 3.8) is 0 Å². The van der Waals surface area contributed by atoms with Crippen molar-refractivity contribution in [1.82, 2.24) is 0 Å². The lowest BCUT2D eigenvalue weighted by molar-refractivity contribution is -0.870. The highest BCUT2D eigenvalue weighted by atomic mass is 31.2. The fourth-order valence-electron chi connectivity index (χ4n) is 5.53. The number of rotatable bonds is 38. The Balaban J connectivity index is 4.38. The van der Waals surface area contributed by atoms with Gasteiger partial charge in [-0.15, -0.1) is 0 Å². The number of ether oxygens (including phenoxy) is 2. The molecule has 0 aliphatic carbocycles. The van der Waals surface area contributed by atoms with Crippen LogP contribution in [0, 0.1) is 0 Å². The van der Waals surface area contributed by atoms with E-state index in [2.05, 4.69) is 44.2 Å². The molecule has 2 atom stereocenters. The molecule has 0 amide bonds. The van der Waals surface area contributed by atoms with Crippen LogP contribution in [0.4, 0.5) is 0 Å². The second kappa shape index (κ2) is 36.6. The average Bonchev–Trinajstić information content (AvgIpc) is 3.12. The van der Waals surface area contributed by atoms with Crippen molar-refractivity contribution in [2.45, 2.75) is 174 Å². The molecule has 0 heterocycles. The molecule has 0 aliphatic rings. The quantitative estimate of drug-likeness (QED) is 0.0152. The first kappa shape index (κ1) is 52.0. The minimum absolute atomic E-state index is 0.0373. The molecule has 314 valence electrons. The summed E-state index contributed by atoms with van der Waals surface area (Å²) in [5.74, 6) is -0.866. The molecule has 9 nitrogen and oxygen atoms in total. The summed E-state index contributed by atoms with van der Waals surface area (Å²) in [5, 5.41) is 0. The number of carbonyl (C=O) groups is 2. The number of unbranched alkanes of at least 4 members (excludes halogenated alkanes) is 18. The van der Waals surface area contributed by atoms with Crippen LogP contribution < -0.4 is 4.89 Å². The van der Waals surface area contributed by atoms with Gasteiger partial charge in [-0.1, -0.05) is 146 Å². The molecule has 0 bridgehead atoms. The largest absolute Gasteiger partial charge is 0.756 e. The van der Waals surface area contributed by atoms with Gasteiger partial charge >= 0.3 is 11.9 Å². The Labute approximate surface area is 331 Å². The second-order valence-electron chi connectivity index (χ2n) is 15.4. The average molecular weight is 782 g/mol. The van der Waals surface area contributed by atoms with Gasteiger partial charge in [0, 0.05) is 12.8 Å². The van der Waals surface area contributed by atoms with Crippen molar-refractivity contribution in [1.29, 1.82) is 0 Å². The first-order chi connectivity index (χ1) is 26.0. The summed E-state index contributed by atoms with van der Waals surface area (Å²) < 4.78 is 33.8. The molecule has 0 fully saturated rings. The minimum Gasteiger partial charge on any atom is -0.756 e. The molecule has 0 rings (SSSR count). The van der Waals surface area contributed by atoms with Gasteiger partial charge in [-0.25, -0.2) is 0 Å². The summed E-state index contributed by atoms with van der Waals surface area (Å²) in [4.78, 5) is 37.5. The van der Waals surface area contributed by atoms with Crippen LogP contribution in [-0.2, 0) is 32.7 Å². The van der Waals surface area contributed by atoms with E-state index < -0.39 is 32.5 Å². The molecule has 0 spiro atoms. The van der Waals surface area contributed by atoms with Crippen molar-refractivity contribution in [2.75, 3.05) is 47.5 Å². The van der Waals surface area contributed by atoms with E-state index in [9.17, 15) is 19.0 Å². The molecule has 0 radical (unpaired) electrons. The van der Waals surface area contributed by atoms with Gasteiger partial charge in [0.05, 0.1) is 27.7 Å². The van der Waals surface area contributed by atoms with Crippen LogP contribution in [0.15, 0.2) is 48.6 Å². The van der Waals surface area contributed by atoms with E-state index >= 15 is 0 Å². The van der Waals surface area contributed by atoms with Crippen molar-refractivity contribution in [3.8, 4) is 0 Å². The van der Waals surface area contributed by atoms with Crippen LogP contribution in [0.2, 0.25) is 0 Å². The maximum absolute atomic E-state index is 12.6. The lowest BCUT2D eigenvalue weighted by atomic mass is 10.1. The Morgan fingerprint density at radius 2 is 1.07 bits per heavy atom. The summed E-state index contributed by atoms with van der Waals surface area (Å²) in [5.41, 5.74) is 0. The second-order valence-corrected chi connectivity index (χ2v) is 16.8. The highest BCUT2D eigenvalue weighted by molar-refractivity contribution is 7.45. The summed E-state index contributed by atoms with van der Waals surface area (Å²) in [6.07, 6.45) is 41.4. The van der Waals surface area contributed by atoms with Gasteiger partial charge in [0.25, 0.3) is 7.82 Å². The number of hydrogen-bond acceptors (Lipinski definition) is 8. The first-order valence-electron chi connectivity index (χ1n) is 21.4. The Morgan fingerprint density at radius 1 is 0.593 bits per heavy atom. The molecular formula is C44H80NO8P. The Kier molecular flexibility index (Phi) is 35.2. The molecule has 0 saturated carbocycles. The number of hydrogen-bond donors (Lipinski definition) is 0. The van der Waals surface area contributed by atoms with Gasteiger partial charge in [0.1, 0.15) is 19.8 Å². The van der Waals surface area contributed by atoms with Crippen molar-refractivity contribution < 1.29 is 42.1 Å². The molecule has 0 saturated heterocycles. The fraction of sp³-hybridized carbons (Fsp3) is 0.773. The highest BCUT2D eigenvalue weighted by Crippen LogP contribution is 2.38. The number of quaternary nitrogens is 1. The number of esters is 2. The minimum atomic E-state index is -4.63. The molecule has 54 heavy (non-hydrogen) atoms. The molecule has 0 aromatic heterocycles. The van der Waals surface area contributed by atoms with Gasteiger partial charge in [0.15, 0.2) is 6.10 Å². The van der Waals surface area contributed by atoms with E-state index in [-0.39, 0.29) is 26.1 Å². The van der Waals surface area contributed by atoms with E-state index in [1.807, 2.05) is 39.4 Å². The predicted octanol–water partition coefficient (Wildman–Crippen LogP) is 11.3. The van der Waals surface area contributed by atoms with Gasteiger partial charge in [-0.05, 0) is 57.8 Å². The monoisotopic (exact) mass is 782 g/mol. The summed E-state index contributed by atoms with van der Waals surface area (Å²) in [6.45, 7) is 4.05. The van der Waals surface area contributed by atoms with Crippen molar-refractivity contribution in [2.24, 2.45) is 0 Å². The van der Waals surface area contributed by atoms with E-state index in [1.54, 1.807) is 0 Å². The van der Waals surface area contributed by atoms with Crippen LogP contribution in [0.25, 0.3) is 0 Å². The maximum atomic E-state index is 12.6. The zero-order valence-corrected chi connectivity index (χ0v) is 36.0. The van der Waals surface area contributed by atoms with Crippen molar-refractivity contribution >= 4 is 19.8 Å². The zero-order valence-electron chi connectivity index (χ0n) is 35.2. The van der Waals surface area contributed by atoms with Gasteiger partial charge in [-0.3, -0.25) is 14.2 Å². The van der Waals surface area contributed by atoms with Gasteiger partial charge in [-0.2, -0.15) is 0 Å². The zero-order chi connectivity index (χ0) is 40.0. The molecule has 0 aromatic carbocycles.